The standard InChI is InChI=1S/C15H19NOS/c1-11-6-7-16-8-14(11)17-9-12-10-18-15-5-3-2-4-13(12)15/h2-5,10-11,14,16H,6-9H2,1H3. The van der Waals surface area contributed by atoms with Gasteiger partial charge in [-0.05, 0) is 41.3 Å². The van der Waals surface area contributed by atoms with Crippen LogP contribution in [-0.4, -0.2) is 19.2 Å². The summed E-state index contributed by atoms with van der Waals surface area (Å²) >= 11 is 1.81. The van der Waals surface area contributed by atoms with Crippen LogP contribution in [0.5, 0.6) is 0 Å². The molecular formula is C15H19NOS. The summed E-state index contributed by atoms with van der Waals surface area (Å²) < 4.78 is 7.44. The number of piperidine rings is 1. The Morgan fingerprint density at radius 2 is 2.28 bits per heavy atom. The smallest absolute Gasteiger partial charge is 0.0735 e. The second-order valence-corrected chi connectivity index (χ2v) is 5.99. The lowest BCUT2D eigenvalue weighted by atomic mass is 9.97. The highest BCUT2D eigenvalue weighted by Gasteiger charge is 2.21. The molecule has 18 heavy (non-hydrogen) atoms. The lowest BCUT2D eigenvalue weighted by molar-refractivity contribution is -0.00599. The van der Waals surface area contributed by atoms with Crippen LogP contribution in [0.2, 0.25) is 0 Å². The Labute approximate surface area is 112 Å². The molecule has 1 aliphatic rings. The van der Waals surface area contributed by atoms with Crippen molar-refractivity contribution in [2.45, 2.75) is 26.1 Å². The van der Waals surface area contributed by atoms with E-state index in [0.29, 0.717) is 12.0 Å². The van der Waals surface area contributed by atoms with Crippen molar-refractivity contribution in [2.24, 2.45) is 5.92 Å². The number of hydrogen-bond donors (Lipinski definition) is 1. The highest BCUT2D eigenvalue weighted by molar-refractivity contribution is 7.17. The molecule has 3 rings (SSSR count). The average molecular weight is 261 g/mol. The number of rotatable bonds is 3. The molecule has 3 heteroatoms. The van der Waals surface area contributed by atoms with Crippen LogP contribution in [0.4, 0.5) is 0 Å². The third kappa shape index (κ3) is 2.44. The van der Waals surface area contributed by atoms with Crippen LogP contribution in [0.15, 0.2) is 29.6 Å². The maximum absolute atomic E-state index is 6.09. The fraction of sp³-hybridized carbons (Fsp3) is 0.467. The van der Waals surface area contributed by atoms with Crippen LogP contribution < -0.4 is 5.32 Å². The average Bonchev–Trinajstić information content (AvgIpc) is 2.81. The predicted octanol–water partition coefficient (Wildman–Crippen LogP) is 3.42. The van der Waals surface area contributed by atoms with Gasteiger partial charge in [0.1, 0.15) is 0 Å². The third-order valence-electron chi connectivity index (χ3n) is 3.77. The fourth-order valence-electron chi connectivity index (χ4n) is 2.53. The molecule has 1 aromatic heterocycles. The topological polar surface area (TPSA) is 21.3 Å². The number of nitrogens with one attached hydrogen (secondary N) is 1. The van der Waals surface area contributed by atoms with E-state index in [9.17, 15) is 0 Å². The molecule has 2 aromatic rings. The van der Waals surface area contributed by atoms with Crippen molar-refractivity contribution >= 4 is 21.4 Å². The molecule has 0 bridgehead atoms. The Morgan fingerprint density at radius 1 is 1.39 bits per heavy atom. The van der Waals surface area contributed by atoms with Crippen LogP contribution in [0.25, 0.3) is 10.1 Å². The van der Waals surface area contributed by atoms with Crippen molar-refractivity contribution in [3.05, 3.63) is 35.2 Å². The van der Waals surface area contributed by atoms with Gasteiger partial charge in [-0.2, -0.15) is 0 Å². The predicted molar refractivity (Wildman–Crippen MR) is 77.1 cm³/mol. The first-order valence-corrected chi connectivity index (χ1v) is 7.50. The minimum atomic E-state index is 0.359. The zero-order valence-electron chi connectivity index (χ0n) is 10.7. The van der Waals surface area contributed by atoms with Crippen LogP contribution >= 0.6 is 11.3 Å². The molecular weight excluding hydrogens is 242 g/mol. The molecule has 2 nitrogen and oxygen atoms in total. The first kappa shape index (κ1) is 12.2. The van der Waals surface area contributed by atoms with Crippen molar-refractivity contribution in [3.63, 3.8) is 0 Å². The van der Waals surface area contributed by atoms with E-state index in [4.69, 9.17) is 4.74 Å². The van der Waals surface area contributed by atoms with Crippen LogP contribution in [0.3, 0.4) is 0 Å². The van der Waals surface area contributed by atoms with Gasteiger partial charge in [0, 0.05) is 11.2 Å². The Kier molecular flexibility index (Phi) is 3.64. The zero-order valence-corrected chi connectivity index (χ0v) is 11.5. The molecule has 0 radical (unpaired) electrons. The summed E-state index contributed by atoms with van der Waals surface area (Å²) in [7, 11) is 0. The van der Waals surface area contributed by atoms with E-state index in [-0.39, 0.29) is 0 Å². The number of thiophene rings is 1. The normalized spacial score (nSPS) is 24.5. The lowest BCUT2D eigenvalue weighted by Gasteiger charge is -2.29. The summed E-state index contributed by atoms with van der Waals surface area (Å²) in [6.45, 7) is 5.14. The molecule has 1 aliphatic heterocycles. The largest absolute Gasteiger partial charge is 0.372 e. The first-order chi connectivity index (χ1) is 8.84. The molecule has 1 saturated heterocycles. The van der Waals surface area contributed by atoms with Gasteiger partial charge in [0.2, 0.25) is 0 Å². The molecule has 0 spiro atoms. The van der Waals surface area contributed by atoms with Gasteiger partial charge in [-0.1, -0.05) is 25.1 Å². The molecule has 2 atom stereocenters. The van der Waals surface area contributed by atoms with Gasteiger partial charge in [0.05, 0.1) is 12.7 Å². The van der Waals surface area contributed by atoms with Gasteiger partial charge in [-0.15, -0.1) is 11.3 Å². The highest BCUT2D eigenvalue weighted by atomic mass is 32.1. The van der Waals surface area contributed by atoms with E-state index >= 15 is 0 Å². The highest BCUT2D eigenvalue weighted by Crippen LogP contribution is 2.27. The van der Waals surface area contributed by atoms with Crippen LogP contribution in [0.1, 0.15) is 18.9 Å². The zero-order chi connectivity index (χ0) is 12.4. The number of ether oxygens (including phenoxy) is 1. The summed E-state index contributed by atoms with van der Waals surface area (Å²) in [5.74, 6) is 0.663. The molecule has 0 aliphatic carbocycles. The SMILES string of the molecule is CC1CCNCC1OCc1csc2ccccc12. The van der Waals surface area contributed by atoms with Gasteiger partial charge in [0.15, 0.2) is 0 Å². The molecule has 0 amide bonds. The first-order valence-electron chi connectivity index (χ1n) is 6.62. The monoisotopic (exact) mass is 261 g/mol. The van der Waals surface area contributed by atoms with E-state index < -0.39 is 0 Å². The summed E-state index contributed by atoms with van der Waals surface area (Å²) in [6.07, 6.45) is 1.58. The van der Waals surface area contributed by atoms with E-state index in [0.717, 1.165) is 19.7 Å². The van der Waals surface area contributed by atoms with Gasteiger partial charge in [-0.25, -0.2) is 0 Å². The minimum absolute atomic E-state index is 0.359. The molecule has 96 valence electrons. The maximum Gasteiger partial charge on any atom is 0.0735 e. The Balaban J connectivity index is 1.69. The van der Waals surface area contributed by atoms with Crippen molar-refractivity contribution < 1.29 is 4.74 Å². The van der Waals surface area contributed by atoms with E-state index in [2.05, 4.69) is 41.9 Å². The number of fused-ring (bicyclic) bond motifs is 1. The van der Waals surface area contributed by atoms with Crippen molar-refractivity contribution in [3.8, 4) is 0 Å². The Bertz CT molecular complexity index is 522. The third-order valence-corrected chi connectivity index (χ3v) is 4.78. The minimum Gasteiger partial charge on any atom is -0.372 e. The van der Waals surface area contributed by atoms with Crippen LogP contribution in [-0.2, 0) is 11.3 Å². The van der Waals surface area contributed by atoms with Gasteiger partial charge in [0.25, 0.3) is 0 Å². The molecule has 1 aromatic carbocycles. The maximum atomic E-state index is 6.09. The fourth-order valence-corrected chi connectivity index (χ4v) is 3.47. The Morgan fingerprint density at radius 3 is 3.17 bits per heavy atom. The molecule has 1 fully saturated rings. The van der Waals surface area contributed by atoms with Crippen molar-refractivity contribution in [1.29, 1.82) is 0 Å². The summed E-state index contributed by atoms with van der Waals surface area (Å²) in [4.78, 5) is 0. The van der Waals surface area contributed by atoms with Gasteiger partial charge in [-0.3, -0.25) is 0 Å². The van der Waals surface area contributed by atoms with Crippen molar-refractivity contribution in [2.75, 3.05) is 13.1 Å². The Hall–Kier alpha value is -0.900. The second kappa shape index (κ2) is 5.39. The summed E-state index contributed by atoms with van der Waals surface area (Å²) in [5.41, 5.74) is 1.33. The van der Waals surface area contributed by atoms with Crippen LogP contribution in [0, 0.1) is 5.92 Å². The van der Waals surface area contributed by atoms with E-state index in [1.165, 1.54) is 22.1 Å². The van der Waals surface area contributed by atoms with E-state index in [1.54, 1.807) is 11.3 Å². The second-order valence-electron chi connectivity index (χ2n) is 5.08. The quantitative estimate of drug-likeness (QED) is 0.914. The molecule has 2 heterocycles. The van der Waals surface area contributed by atoms with Gasteiger partial charge < -0.3 is 10.1 Å². The van der Waals surface area contributed by atoms with Gasteiger partial charge >= 0.3 is 0 Å². The molecule has 0 saturated carbocycles. The van der Waals surface area contributed by atoms with E-state index in [1.807, 2.05) is 0 Å². The number of hydrogen-bond acceptors (Lipinski definition) is 3. The molecule has 2 unspecified atom stereocenters. The lowest BCUT2D eigenvalue weighted by Crippen LogP contribution is -2.40. The molecule has 1 N–H and O–H groups in total. The summed E-state index contributed by atoms with van der Waals surface area (Å²) in [5, 5.41) is 6.98. The number of benzene rings is 1. The summed E-state index contributed by atoms with van der Waals surface area (Å²) in [6, 6.07) is 8.56. The van der Waals surface area contributed by atoms with Crippen molar-refractivity contribution in [1.82, 2.24) is 5.32 Å².